The Bertz CT molecular complexity index is 1240. The number of hydrogen-bond acceptors (Lipinski definition) is 3. The van der Waals surface area contributed by atoms with Gasteiger partial charge in [-0.3, -0.25) is 9.59 Å². The largest absolute Gasteiger partial charge is 0.336 e. The van der Waals surface area contributed by atoms with Crippen molar-refractivity contribution in [2.45, 2.75) is 9.64 Å². The van der Waals surface area contributed by atoms with Crippen molar-refractivity contribution in [1.82, 2.24) is 5.32 Å². The lowest BCUT2D eigenvalue weighted by molar-refractivity contribution is -0.120. The summed E-state index contributed by atoms with van der Waals surface area (Å²) in [5, 5.41) is 5.33. The molecule has 4 aromatic rings. The highest BCUT2D eigenvalue weighted by Crippen LogP contribution is 2.52. The predicted octanol–water partition coefficient (Wildman–Crippen LogP) is 5.46. The Morgan fingerprint density at radius 2 is 1.17 bits per heavy atom. The van der Waals surface area contributed by atoms with Crippen molar-refractivity contribution in [3.63, 3.8) is 0 Å². The molecule has 0 bridgehead atoms. The number of carbonyl (C=O) groups is 2. The smallest absolute Gasteiger partial charge is 0.296 e. The van der Waals surface area contributed by atoms with E-state index in [0.29, 0.717) is 5.69 Å². The third-order valence-corrected chi connectivity index (χ3v) is 7.09. The fraction of sp³-hybridized carbons (Fsp3) is 0.0667. The van der Waals surface area contributed by atoms with Gasteiger partial charge < -0.3 is 10.6 Å². The first kappa shape index (κ1) is 23.9. The van der Waals surface area contributed by atoms with Crippen LogP contribution in [0, 0.1) is 12.3 Å². The molecule has 4 rings (SSSR count). The molecular formula is C30H24N2O2S. The van der Waals surface area contributed by atoms with Crippen LogP contribution in [-0.4, -0.2) is 18.4 Å². The number of rotatable bonds is 8. The summed E-state index contributed by atoms with van der Waals surface area (Å²) in [6.45, 7) is -0.205. The summed E-state index contributed by atoms with van der Waals surface area (Å²) < 4.78 is -0.581. The molecular weight excluding hydrogens is 452 g/mol. The monoisotopic (exact) mass is 476 g/mol. The maximum atomic E-state index is 12.6. The van der Waals surface area contributed by atoms with Gasteiger partial charge in [0, 0.05) is 4.90 Å². The minimum atomic E-state index is -0.626. The summed E-state index contributed by atoms with van der Waals surface area (Å²) in [6.07, 6.45) is 5.07. The quantitative estimate of drug-likeness (QED) is 0.202. The number of thioether (sulfide) groups is 1. The molecule has 0 aliphatic rings. The lowest BCUT2D eigenvalue weighted by Gasteiger charge is -2.36. The van der Waals surface area contributed by atoms with E-state index in [1.807, 2.05) is 84.8 Å². The molecule has 4 nitrogen and oxygen atoms in total. The normalized spacial score (nSPS) is 10.7. The van der Waals surface area contributed by atoms with Gasteiger partial charge in [-0.2, -0.15) is 0 Å². The van der Waals surface area contributed by atoms with Gasteiger partial charge in [-0.15, -0.1) is 18.2 Å². The van der Waals surface area contributed by atoms with Crippen LogP contribution in [0.5, 0.6) is 0 Å². The second-order valence-corrected chi connectivity index (χ2v) is 9.01. The summed E-state index contributed by atoms with van der Waals surface area (Å²) >= 11 is 1.66. The molecule has 0 aromatic heterocycles. The highest BCUT2D eigenvalue weighted by atomic mass is 32.2. The van der Waals surface area contributed by atoms with Crippen LogP contribution in [0.4, 0.5) is 5.69 Å². The Balaban J connectivity index is 1.81. The van der Waals surface area contributed by atoms with Gasteiger partial charge in [-0.05, 0) is 34.7 Å². The summed E-state index contributed by atoms with van der Waals surface area (Å²) in [6, 6.07) is 38.7. The maximum Gasteiger partial charge on any atom is 0.296 e. The first-order valence-electron chi connectivity index (χ1n) is 11.1. The molecule has 5 heteroatoms. The fourth-order valence-corrected chi connectivity index (χ4v) is 5.39. The van der Waals surface area contributed by atoms with Gasteiger partial charge >= 0.3 is 0 Å². The van der Waals surface area contributed by atoms with Gasteiger partial charge in [0.25, 0.3) is 5.91 Å². The topological polar surface area (TPSA) is 58.2 Å². The molecule has 2 N–H and O–H groups in total. The zero-order chi connectivity index (χ0) is 24.5. The van der Waals surface area contributed by atoms with E-state index >= 15 is 0 Å². The molecule has 2 amide bonds. The van der Waals surface area contributed by atoms with E-state index in [0.717, 1.165) is 21.6 Å². The van der Waals surface area contributed by atoms with Crippen LogP contribution in [0.1, 0.15) is 16.7 Å². The number of anilines is 1. The first-order valence-corrected chi connectivity index (χ1v) is 11.9. The third kappa shape index (κ3) is 5.46. The van der Waals surface area contributed by atoms with E-state index in [2.05, 4.69) is 47.0 Å². The zero-order valence-electron chi connectivity index (χ0n) is 19.0. The number of para-hydroxylation sites is 1. The third-order valence-electron chi connectivity index (χ3n) is 5.51. The van der Waals surface area contributed by atoms with Crippen molar-refractivity contribution in [2.24, 2.45) is 0 Å². The predicted molar refractivity (Wildman–Crippen MR) is 142 cm³/mol. The number of nitrogens with one attached hydrogen (secondary N) is 2. The second-order valence-electron chi connectivity index (χ2n) is 7.75. The molecule has 0 spiro atoms. The number of amides is 2. The molecule has 0 heterocycles. The highest BCUT2D eigenvalue weighted by molar-refractivity contribution is 8.00. The highest BCUT2D eigenvalue weighted by Gasteiger charge is 2.38. The Labute approximate surface area is 209 Å². The molecule has 0 saturated carbocycles. The summed E-state index contributed by atoms with van der Waals surface area (Å²) in [5.41, 5.74) is 4.00. The Morgan fingerprint density at radius 1 is 0.714 bits per heavy atom. The van der Waals surface area contributed by atoms with Gasteiger partial charge in [-0.25, -0.2) is 0 Å². The summed E-state index contributed by atoms with van der Waals surface area (Å²) in [5.74, 6) is 0.966. The number of terminal acetylenes is 1. The molecule has 0 fully saturated rings. The van der Waals surface area contributed by atoms with Crippen LogP contribution in [-0.2, 0) is 14.3 Å². The van der Waals surface area contributed by atoms with E-state index in [1.165, 1.54) is 0 Å². The summed E-state index contributed by atoms with van der Waals surface area (Å²) in [4.78, 5) is 24.8. The molecule has 0 saturated heterocycles. The average molecular weight is 477 g/mol. The van der Waals surface area contributed by atoms with Crippen molar-refractivity contribution in [3.05, 3.63) is 132 Å². The molecule has 0 unspecified atom stereocenters. The molecule has 0 atom stereocenters. The molecule has 35 heavy (non-hydrogen) atoms. The maximum absolute atomic E-state index is 12.6. The number of benzene rings is 4. The Kier molecular flexibility index (Phi) is 7.67. The van der Waals surface area contributed by atoms with Crippen molar-refractivity contribution >= 4 is 29.3 Å². The van der Waals surface area contributed by atoms with Crippen molar-refractivity contribution in [1.29, 1.82) is 0 Å². The SMILES string of the molecule is C#CC(=O)NCC(=O)Nc1ccccc1SC(c1ccccc1)(c1ccccc1)c1ccccc1. The number of carbonyl (C=O) groups excluding carboxylic acids is 2. The minimum absolute atomic E-state index is 0.205. The van der Waals surface area contributed by atoms with E-state index in [-0.39, 0.29) is 12.5 Å². The van der Waals surface area contributed by atoms with Crippen LogP contribution < -0.4 is 10.6 Å². The van der Waals surface area contributed by atoms with E-state index in [1.54, 1.807) is 11.8 Å². The molecule has 172 valence electrons. The standard InChI is InChI=1S/C30H24N2O2S/c1-2-28(33)31-22-29(34)32-26-20-12-13-21-27(26)35-30(23-14-6-3-7-15-23,24-16-8-4-9-17-24)25-18-10-5-11-19-25/h1,3-21H,22H2,(H,31,33)(H,32,34). The van der Waals surface area contributed by atoms with Gasteiger partial charge in [0.1, 0.15) is 0 Å². The van der Waals surface area contributed by atoms with E-state index in [9.17, 15) is 9.59 Å². The fourth-order valence-electron chi connectivity index (χ4n) is 3.93. The molecule has 0 aliphatic heterocycles. The van der Waals surface area contributed by atoms with Crippen LogP contribution in [0.3, 0.4) is 0 Å². The Morgan fingerprint density at radius 3 is 1.66 bits per heavy atom. The van der Waals surface area contributed by atoms with Gasteiger partial charge in [0.15, 0.2) is 0 Å². The van der Waals surface area contributed by atoms with Gasteiger partial charge in [0.2, 0.25) is 5.91 Å². The molecule has 4 aromatic carbocycles. The molecule has 0 radical (unpaired) electrons. The Hall–Kier alpha value is -4.27. The lowest BCUT2D eigenvalue weighted by Crippen LogP contribution is -2.32. The van der Waals surface area contributed by atoms with Crippen LogP contribution in [0.2, 0.25) is 0 Å². The zero-order valence-corrected chi connectivity index (χ0v) is 19.8. The van der Waals surface area contributed by atoms with E-state index < -0.39 is 10.7 Å². The van der Waals surface area contributed by atoms with E-state index in [4.69, 9.17) is 6.42 Å². The van der Waals surface area contributed by atoms with Crippen molar-refractivity contribution in [2.75, 3.05) is 11.9 Å². The summed E-state index contributed by atoms with van der Waals surface area (Å²) in [7, 11) is 0. The minimum Gasteiger partial charge on any atom is -0.336 e. The number of hydrogen-bond donors (Lipinski definition) is 2. The lowest BCUT2D eigenvalue weighted by atomic mass is 9.84. The van der Waals surface area contributed by atoms with Crippen molar-refractivity contribution in [3.8, 4) is 12.3 Å². The second kappa shape index (κ2) is 11.2. The van der Waals surface area contributed by atoms with Crippen molar-refractivity contribution < 1.29 is 9.59 Å². The van der Waals surface area contributed by atoms with Gasteiger partial charge in [-0.1, -0.05) is 103 Å². The van der Waals surface area contributed by atoms with Crippen LogP contribution in [0.25, 0.3) is 0 Å². The van der Waals surface area contributed by atoms with Gasteiger partial charge in [0.05, 0.1) is 17.0 Å². The molecule has 0 aliphatic carbocycles. The van der Waals surface area contributed by atoms with Crippen LogP contribution >= 0.6 is 11.8 Å². The first-order chi connectivity index (χ1) is 17.1. The average Bonchev–Trinajstić information content (AvgIpc) is 2.92. The van der Waals surface area contributed by atoms with Crippen LogP contribution in [0.15, 0.2) is 120 Å².